The van der Waals surface area contributed by atoms with Gasteiger partial charge in [0.2, 0.25) is 0 Å². The van der Waals surface area contributed by atoms with Crippen LogP contribution in [0.3, 0.4) is 0 Å². The van der Waals surface area contributed by atoms with E-state index in [0.717, 1.165) is 22.2 Å². The molecule has 0 saturated carbocycles. The van der Waals surface area contributed by atoms with E-state index in [4.69, 9.17) is 25.8 Å². The first kappa shape index (κ1) is 26.4. The predicted octanol–water partition coefficient (Wildman–Crippen LogP) is 10.8. The van der Waals surface area contributed by atoms with Crippen molar-refractivity contribution in [2.24, 2.45) is 0 Å². The summed E-state index contributed by atoms with van der Waals surface area (Å²) in [5, 5.41) is 0. The van der Waals surface area contributed by atoms with Crippen molar-refractivity contribution in [3.8, 4) is 11.1 Å². The van der Waals surface area contributed by atoms with Gasteiger partial charge in [0, 0.05) is 9.37 Å². The van der Waals surface area contributed by atoms with Gasteiger partial charge in [-0.15, -0.1) is 12.6 Å². The van der Waals surface area contributed by atoms with E-state index in [1.807, 2.05) is 0 Å². The van der Waals surface area contributed by atoms with Crippen LogP contribution in [0.4, 0.5) is 0 Å². The molecule has 2 aromatic carbocycles. The second-order valence-corrected chi connectivity index (χ2v) is 11.1. The fraction of sp³-hybridized carbons (Fsp3) is 0.484. The quantitative estimate of drug-likeness (QED) is 0.142. The molecule has 0 atom stereocenters. The van der Waals surface area contributed by atoms with Crippen molar-refractivity contribution in [1.29, 1.82) is 0 Å². The van der Waals surface area contributed by atoms with Gasteiger partial charge in [0.05, 0.1) is 5.41 Å². The maximum atomic E-state index is 4.76. The molecule has 0 nitrogen and oxygen atoms in total. The zero-order valence-corrected chi connectivity index (χ0v) is 23.2. The van der Waals surface area contributed by atoms with Crippen molar-refractivity contribution in [2.45, 2.75) is 101 Å². The molecule has 0 aromatic heterocycles. The maximum Gasteiger partial charge on any atom is 0.0629 e. The van der Waals surface area contributed by atoms with E-state index in [1.165, 1.54) is 97.6 Å². The molecular weight excluding hydrogens is 484 g/mol. The number of allylic oxidation sites excluding steroid dienone is 2. The number of halogens is 1. The van der Waals surface area contributed by atoms with E-state index >= 15 is 0 Å². The lowest BCUT2D eigenvalue weighted by Gasteiger charge is -2.37. The van der Waals surface area contributed by atoms with Gasteiger partial charge < -0.3 is 0 Å². The summed E-state index contributed by atoms with van der Waals surface area (Å²) >= 11 is 8.51. The van der Waals surface area contributed by atoms with E-state index in [1.54, 1.807) is 0 Å². The molecular formula is C31H41BrS. The first-order valence-corrected chi connectivity index (χ1v) is 14.2. The fourth-order valence-corrected chi connectivity index (χ4v) is 6.12. The van der Waals surface area contributed by atoms with Crippen molar-refractivity contribution in [3.63, 3.8) is 0 Å². The largest absolute Gasteiger partial charge is 0.143 e. The second-order valence-electron chi connectivity index (χ2n) is 9.71. The molecule has 0 bridgehead atoms. The Balaban J connectivity index is 2.01. The minimum atomic E-state index is -0.317. The highest BCUT2D eigenvalue weighted by Gasteiger charge is 2.46. The van der Waals surface area contributed by atoms with Crippen molar-refractivity contribution in [3.05, 3.63) is 76.3 Å². The van der Waals surface area contributed by atoms with Gasteiger partial charge in [0.1, 0.15) is 0 Å². The molecule has 1 aliphatic rings. The summed E-state index contributed by atoms with van der Waals surface area (Å²) in [5.74, 6) is 0. The molecule has 2 aromatic rings. The maximum absolute atomic E-state index is 4.76. The molecule has 0 spiro atoms. The fourth-order valence-electron chi connectivity index (χ4n) is 5.55. The molecule has 178 valence electrons. The third kappa shape index (κ3) is 5.70. The number of benzene rings is 2. The summed E-state index contributed by atoms with van der Waals surface area (Å²) in [7, 11) is 0. The lowest BCUT2D eigenvalue weighted by atomic mass is 9.65. The van der Waals surface area contributed by atoms with Crippen LogP contribution in [0.15, 0.2) is 70.1 Å². The van der Waals surface area contributed by atoms with Gasteiger partial charge in [0.25, 0.3) is 0 Å². The zero-order chi connectivity index (χ0) is 23.8. The van der Waals surface area contributed by atoms with Gasteiger partial charge in [-0.3, -0.25) is 0 Å². The topological polar surface area (TPSA) is 0 Å². The molecule has 0 saturated heterocycles. The van der Waals surface area contributed by atoms with Crippen LogP contribution in [0.1, 0.15) is 102 Å². The van der Waals surface area contributed by atoms with Crippen LogP contribution in [-0.4, -0.2) is 0 Å². The highest BCUT2D eigenvalue weighted by atomic mass is 79.9. The summed E-state index contributed by atoms with van der Waals surface area (Å²) in [4.78, 5) is 1.01. The molecule has 33 heavy (non-hydrogen) atoms. The first-order valence-electron chi connectivity index (χ1n) is 13.0. The summed E-state index contributed by atoms with van der Waals surface area (Å²) in [6.07, 6.45) is 14.9. The van der Waals surface area contributed by atoms with Crippen LogP contribution >= 0.6 is 28.6 Å². The molecule has 0 fully saturated rings. The monoisotopic (exact) mass is 524 g/mol. The summed E-state index contributed by atoms with van der Waals surface area (Å²) in [6.45, 7) is 14.1. The van der Waals surface area contributed by atoms with Crippen molar-refractivity contribution >= 4 is 28.6 Å². The van der Waals surface area contributed by atoms with Crippen LogP contribution in [0.5, 0.6) is 0 Å². The Bertz CT molecular complexity index is 891. The molecule has 0 amide bonds. The molecule has 2 heteroatoms. The third-order valence-corrected chi connectivity index (χ3v) is 8.08. The summed E-state index contributed by atoms with van der Waals surface area (Å²) in [5.41, 5.74) is 7.60. The van der Waals surface area contributed by atoms with Crippen LogP contribution in [-0.2, 0) is 5.41 Å². The molecule has 1 aliphatic carbocycles. The Morgan fingerprint density at radius 3 is 1.76 bits per heavy atom. The number of fused-ring (bicyclic) bond motifs is 3. The number of rotatable bonds is 14. The molecule has 0 radical (unpaired) electrons. The Morgan fingerprint density at radius 1 is 0.727 bits per heavy atom. The van der Waals surface area contributed by atoms with Gasteiger partial charge in [-0.2, -0.15) is 0 Å². The predicted molar refractivity (Wildman–Crippen MR) is 153 cm³/mol. The van der Waals surface area contributed by atoms with Crippen molar-refractivity contribution in [2.75, 3.05) is 0 Å². The van der Waals surface area contributed by atoms with E-state index in [2.05, 4.69) is 66.2 Å². The van der Waals surface area contributed by atoms with Crippen LogP contribution in [0, 0.1) is 0 Å². The van der Waals surface area contributed by atoms with Crippen LogP contribution in [0.25, 0.3) is 11.1 Å². The van der Waals surface area contributed by atoms with Gasteiger partial charge in [-0.25, -0.2) is 0 Å². The lowest BCUT2D eigenvalue weighted by Crippen LogP contribution is -2.30. The van der Waals surface area contributed by atoms with Crippen molar-refractivity contribution in [1.82, 2.24) is 0 Å². The van der Waals surface area contributed by atoms with E-state index in [0.29, 0.717) is 0 Å². The average Bonchev–Trinajstić information content (AvgIpc) is 3.08. The Hall–Kier alpha value is -1.25. The first-order chi connectivity index (χ1) is 16.0. The standard InChI is InChI=1S/C31H41BrS/c1-5-7-9-11-13-15-23(3)31(24(4)16-14-12-10-8-6-2)29-21-25(32)17-19-27(29)28-20-18-26(33)22-30(28)31/h17-22,33H,3-16H2,1-2H3. The van der Waals surface area contributed by atoms with Gasteiger partial charge in [-0.1, -0.05) is 118 Å². The van der Waals surface area contributed by atoms with Crippen LogP contribution in [0.2, 0.25) is 0 Å². The summed E-state index contributed by atoms with van der Waals surface area (Å²) in [6, 6.07) is 13.4. The molecule has 0 aliphatic heterocycles. The van der Waals surface area contributed by atoms with Crippen molar-refractivity contribution < 1.29 is 0 Å². The van der Waals surface area contributed by atoms with E-state index < -0.39 is 0 Å². The normalized spacial score (nSPS) is 13.6. The molecule has 0 unspecified atom stereocenters. The highest BCUT2D eigenvalue weighted by molar-refractivity contribution is 9.10. The highest BCUT2D eigenvalue weighted by Crippen LogP contribution is 2.58. The smallest absolute Gasteiger partial charge is 0.0629 e. The zero-order valence-electron chi connectivity index (χ0n) is 20.7. The Kier molecular flexibility index (Phi) is 9.95. The summed E-state index contributed by atoms with van der Waals surface area (Å²) < 4.78 is 1.12. The third-order valence-electron chi connectivity index (χ3n) is 7.31. The Labute approximate surface area is 216 Å². The van der Waals surface area contributed by atoms with E-state index in [-0.39, 0.29) is 5.41 Å². The van der Waals surface area contributed by atoms with Gasteiger partial charge in [-0.05, 0) is 72.2 Å². The lowest BCUT2D eigenvalue weighted by molar-refractivity contribution is 0.572. The Morgan fingerprint density at radius 2 is 1.21 bits per heavy atom. The second kappa shape index (κ2) is 12.5. The minimum Gasteiger partial charge on any atom is -0.143 e. The van der Waals surface area contributed by atoms with Crippen LogP contribution < -0.4 is 0 Å². The molecule has 3 rings (SSSR count). The number of hydrogen-bond acceptors (Lipinski definition) is 1. The average molecular weight is 526 g/mol. The number of thiol groups is 1. The number of unbranched alkanes of at least 4 members (excludes halogenated alkanes) is 8. The molecule has 0 heterocycles. The number of hydrogen-bond donors (Lipinski definition) is 1. The minimum absolute atomic E-state index is 0.317. The van der Waals surface area contributed by atoms with Gasteiger partial charge in [0.15, 0.2) is 0 Å². The van der Waals surface area contributed by atoms with Gasteiger partial charge >= 0.3 is 0 Å². The molecule has 0 N–H and O–H groups in total. The SMILES string of the molecule is C=C(CCCCCCC)C1(C(=C)CCCCCCC)c2cc(S)ccc2-c2ccc(Br)cc21. The van der Waals surface area contributed by atoms with E-state index in [9.17, 15) is 0 Å².